The molecule has 1 atom stereocenters. The first-order valence-electron chi connectivity index (χ1n) is 5.38. The van der Waals surface area contributed by atoms with Gasteiger partial charge in [-0.05, 0) is 36.2 Å². The molecule has 0 amide bonds. The molecule has 84 valence electrons. The van der Waals surface area contributed by atoms with E-state index >= 15 is 0 Å². The van der Waals surface area contributed by atoms with E-state index in [1.165, 1.54) is 12.0 Å². The van der Waals surface area contributed by atoms with Gasteiger partial charge >= 0.3 is 0 Å². The zero-order valence-electron chi connectivity index (χ0n) is 9.39. The van der Waals surface area contributed by atoms with Gasteiger partial charge in [-0.25, -0.2) is 0 Å². The van der Waals surface area contributed by atoms with E-state index in [0.717, 1.165) is 29.2 Å². The molecule has 1 rings (SSSR count). The Morgan fingerprint density at radius 2 is 2.20 bits per heavy atom. The summed E-state index contributed by atoms with van der Waals surface area (Å²) in [5.41, 5.74) is 7.78. The van der Waals surface area contributed by atoms with Gasteiger partial charge in [0.2, 0.25) is 0 Å². The normalized spacial score (nSPS) is 12.7. The largest absolute Gasteiger partial charge is 0.399 e. The monoisotopic (exact) mass is 270 g/mol. The van der Waals surface area contributed by atoms with Crippen molar-refractivity contribution in [3.05, 3.63) is 28.2 Å². The summed E-state index contributed by atoms with van der Waals surface area (Å²) >= 11 is 3.52. The Morgan fingerprint density at radius 3 is 2.87 bits per heavy atom. The zero-order valence-corrected chi connectivity index (χ0v) is 11.0. The highest BCUT2D eigenvalue weighted by atomic mass is 79.9. The van der Waals surface area contributed by atoms with Crippen molar-refractivity contribution in [2.24, 2.45) is 5.92 Å². The van der Waals surface area contributed by atoms with Crippen LogP contribution in [-0.4, -0.2) is 6.54 Å². The predicted molar refractivity (Wildman–Crippen MR) is 69.7 cm³/mol. The third-order valence-electron chi connectivity index (χ3n) is 2.57. The van der Waals surface area contributed by atoms with Crippen molar-refractivity contribution in [1.29, 1.82) is 0 Å². The van der Waals surface area contributed by atoms with Gasteiger partial charge in [0, 0.05) is 16.7 Å². The van der Waals surface area contributed by atoms with Gasteiger partial charge in [-0.2, -0.15) is 0 Å². The van der Waals surface area contributed by atoms with Crippen LogP contribution < -0.4 is 11.1 Å². The second kappa shape index (κ2) is 6.13. The summed E-state index contributed by atoms with van der Waals surface area (Å²) in [5, 5.41) is 3.43. The summed E-state index contributed by atoms with van der Waals surface area (Å²) in [6, 6.07) is 5.91. The fourth-order valence-corrected chi connectivity index (χ4v) is 1.71. The van der Waals surface area contributed by atoms with Crippen molar-refractivity contribution in [3.63, 3.8) is 0 Å². The maximum Gasteiger partial charge on any atom is 0.0318 e. The van der Waals surface area contributed by atoms with Gasteiger partial charge in [0.25, 0.3) is 0 Å². The van der Waals surface area contributed by atoms with Gasteiger partial charge in [0.1, 0.15) is 0 Å². The van der Waals surface area contributed by atoms with Crippen molar-refractivity contribution in [1.82, 2.24) is 5.32 Å². The van der Waals surface area contributed by atoms with E-state index in [2.05, 4.69) is 35.1 Å². The summed E-state index contributed by atoms with van der Waals surface area (Å²) in [7, 11) is 0. The minimum atomic E-state index is 0.727. The molecule has 0 spiro atoms. The Kier molecular flexibility index (Phi) is 5.12. The summed E-state index contributed by atoms with van der Waals surface area (Å²) in [6.07, 6.45) is 1.21. The van der Waals surface area contributed by atoms with E-state index in [1.54, 1.807) is 0 Å². The standard InChI is InChI=1S/C12H19BrN2/c1-3-9(2)7-15-8-10-6-11(14)4-5-12(10)13/h4-6,9,15H,3,7-8,14H2,1-2H3. The molecule has 3 heteroatoms. The highest BCUT2D eigenvalue weighted by Gasteiger charge is 2.01. The van der Waals surface area contributed by atoms with E-state index in [1.807, 2.05) is 18.2 Å². The molecule has 3 N–H and O–H groups in total. The summed E-state index contributed by atoms with van der Waals surface area (Å²) in [4.78, 5) is 0. The van der Waals surface area contributed by atoms with E-state index in [9.17, 15) is 0 Å². The van der Waals surface area contributed by atoms with Crippen LogP contribution in [0.2, 0.25) is 0 Å². The van der Waals surface area contributed by atoms with Crippen LogP contribution in [-0.2, 0) is 6.54 Å². The van der Waals surface area contributed by atoms with Crippen LogP contribution >= 0.6 is 15.9 Å². The molecule has 0 bridgehead atoms. The van der Waals surface area contributed by atoms with E-state index in [-0.39, 0.29) is 0 Å². The van der Waals surface area contributed by atoms with E-state index in [4.69, 9.17) is 5.73 Å². The molecule has 15 heavy (non-hydrogen) atoms. The molecule has 0 saturated heterocycles. The second-order valence-corrected chi connectivity index (χ2v) is 4.85. The molecule has 1 unspecified atom stereocenters. The maximum atomic E-state index is 5.74. The van der Waals surface area contributed by atoms with Crippen LogP contribution in [0.5, 0.6) is 0 Å². The zero-order chi connectivity index (χ0) is 11.3. The van der Waals surface area contributed by atoms with Crippen molar-refractivity contribution < 1.29 is 0 Å². The molecule has 0 radical (unpaired) electrons. The molecule has 0 aliphatic carbocycles. The van der Waals surface area contributed by atoms with Gasteiger partial charge in [0.15, 0.2) is 0 Å². The molecule has 2 nitrogen and oxygen atoms in total. The van der Waals surface area contributed by atoms with Crippen LogP contribution in [0.3, 0.4) is 0 Å². The summed E-state index contributed by atoms with van der Waals surface area (Å²) < 4.78 is 1.12. The van der Waals surface area contributed by atoms with Crippen LogP contribution in [0.15, 0.2) is 22.7 Å². The van der Waals surface area contributed by atoms with Crippen LogP contribution in [0, 0.1) is 5.92 Å². The maximum absolute atomic E-state index is 5.74. The lowest BCUT2D eigenvalue weighted by Gasteiger charge is -2.11. The molecule has 0 fully saturated rings. The molecule has 0 aliphatic rings. The minimum Gasteiger partial charge on any atom is -0.399 e. The number of hydrogen-bond donors (Lipinski definition) is 2. The Hall–Kier alpha value is -0.540. The van der Waals surface area contributed by atoms with Gasteiger partial charge in [-0.1, -0.05) is 36.2 Å². The van der Waals surface area contributed by atoms with Gasteiger partial charge in [0.05, 0.1) is 0 Å². The summed E-state index contributed by atoms with van der Waals surface area (Å²) in [5.74, 6) is 0.727. The van der Waals surface area contributed by atoms with E-state index < -0.39 is 0 Å². The molecule has 1 aromatic carbocycles. The number of nitrogens with two attached hydrogens (primary N) is 1. The third kappa shape index (κ3) is 4.22. The lowest BCUT2D eigenvalue weighted by molar-refractivity contribution is 0.499. The minimum absolute atomic E-state index is 0.727. The molecule has 0 aliphatic heterocycles. The lowest BCUT2D eigenvalue weighted by Crippen LogP contribution is -2.20. The second-order valence-electron chi connectivity index (χ2n) is 4.00. The van der Waals surface area contributed by atoms with Crippen molar-refractivity contribution in [2.75, 3.05) is 12.3 Å². The molecule has 0 saturated carbocycles. The first-order valence-corrected chi connectivity index (χ1v) is 6.17. The summed E-state index contributed by atoms with van der Waals surface area (Å²) in [6.45, 7) is 6.39. The fourth-order valence-electron chi connectivity index (χ4n) is 1.33. The van der Waals surface area contributed by atoms with Crippen LogP contribution in [0.25, 0.3) is 0 Å². The number of hydrogen-bond acceptors (Lipinski definition) is 2. The average Bonchev–Trinajstić information content (AvgIpc) is 2.23. The first kappa shape index (κ1) is 12.5. The molecular weight excluding hydrogens is 252 g/mol. The lowest BCUT2D eigenvalue weighted by atomic mass is 10.1. The number of nitrogens with one attached hydrogen (secondary N) is 1. The highest BCUT2D eigenvalue weighted by molar-refractivity contribution is 9.10. The quantitative estimate of drug-likeness (QED) is 0.807. The number of nitrogen functional groups attached to an aromatic ring is 1. The van der Waals surface area contributed by atoms with Crippen molar-refractivity contribution >= 4 is 21.6 Å². The Balaban J connectivity index is 2.46. The average molecular weight is 271 g/mol. The van der Waals surface area contributed by atoms with Crippen molar-refractivity contribution in [3.8, 4) is 0 Å². The van der Waals surface area contributed by atoms with Crippen molar-refractivity contribution in [2.45, 2.75) is 26.8 Å². The van der Waals surface area contributed by atoms with Crippen LogP contribution in [0.1, 0.15) is 25.8 Å². The van der Waals surface area contributed by atoms with Gasteiger partial charge in [-0.15, -0.1) is 0 Å². The first-order chi connectivity index (χ1) is 7.13. The Bertz CT molecular complexity index is 312. The highest BCUT2D eigenvalue weighted by Crippen LogP contribution is 2.19. The SMILES string of the molecule is CCC(C)CNCc1cc(N)ccc1Br. The number of benzene rings is 1. The molecule has 0 aromatic heterocycles. The molecular formula is C12H19BrN2. The topological polar surface area (TPSA) is 38.0 Å². The Morgan fingerprint density at radius 1 is 1.47 bits per heavy atom. The molecule has 1 aromatic rings. The van der Waals surface area contributed by atoms with Gasteiger partial charge < -0.3 is 11.1 Å². The third-order valence-corrected chi connectivity index (χ3v) is 3.35. The van der Waals surface area contributed by atoms with Crippen LogP contribution in [0.4, 0.5) is 5.69 Å². The molecule has 0 heterocycles. The number of anilines is 1. The predicted octanol–water partition coefficient (Wildman–Crippen LogP) is 3.17. The Labute approximate surface area is 100 Å². The number of rotatable bonds is 5. The fraction of sp³-hybridized carbons (Fsp3) is 0.500. The van der Waals surface area contributed by atoms with Gasteiger partial charge in [-0.3, -0.25) is 0 Å². The smallest absolute Gasteiger partial charge is 0.0318 e. The number of halogens is 1. The van der Waals surface area contributed by atoms with E-state index in [0.29, 0.717) is 0 Å².